The molecular formula is C15H20ClN3O4. The first-order valence-electron chi connectivity index (χ1n) is 7.15. The molecule has 126 valence electrons. The van der Waals surface area contributed by atoms with Crippen molar-refractivity contribution in [1.82, 2.24) is 10.6 Å². The average Bonchev–Trinajstić information content (AvgIpc) is 2.92. The van der Waals surface area contributed by atoms with Crippen molar-refractivity contribution in [2.24, 2.45) is 0 Å². The summed E-state index contributed by atoms with van der Waals surface area (Å²) in [5.74, 6) is -1.53. The summed E-state index contributed by atoms with van der Waals surface area (Å²) < 4.78 is 0. The lowest BCUT2D eigenvalue weighted by molar-refractivity contribution is -0.137. The molecule has 0 fully saturated rings. The molecule has 4 N–H and O–H groups in total. The molecule has 1 aliphatic rings. The molecule has 0 radical (unpaired) electrons. The van der Waals surface area contributed by atoms with Crippen molar-refractivity contribution in [3.8, 4) is 0 Å². The van der Waals surface area contributed by atoms with E-state index in [1.807, 2.05) is 18.2 Å². The van der Waals surface area contributed by atoms with Crippen molar-refractivity contribution in [1.29, 1.82) is 0 Å². The number of hydrogen-bond acceptors (Lipinski definition) is 4. The molecular weight excluding hydrogens is 322 g/mol. The molecule has 1 aromatic rings. The molecule has 0 saturated heterocycles. The van der Waals surface area contributed by atoms with E-state index in [2.05, 4.69) is 16.0 Å². The van der Waals surface area contributed by atoms with E-state index in [4.69, 9.17) is 5.11 Å². The fraction of sp³-hybridized carbons (Fsp3) is 0.400. The van der Waals surface area contributed by atoms with Crippen LogP contribution in [-0.2, 0) is 27.5 Å². The number of halogens is 1. The zero-order chi connectivity index (χ0) is 15.9. The Morgan fingerprint density at radius 2 is 1.74 bits per heavy atom. The molecule has 7 nitrogen and oxygen atoms in total. The van der Waals surface area contributed by atoms with Crippen LogP contribution >= 0.6 is 12.4 Å². The first-order valence-corrected chi connectivity index (χ1v) is 7.15. The quantitative estimate of drug-likeness (QED) is 0.592. The summed E-state index contributed by atoms with van der Waals surface area (Å²) in [5, 5.41) is 16.9. The number of carbonyl (C=O) groups is 3. The molecule has 0 aromatic heterocycles. The molecule has 8 heteroatoms. The summed E-state index contributed by atoms with van der Waals surface area (Å²) in [6.45, 7) is 1.72. The smallest absolute Gasteiger partial charge is 0.305 e. The third kappa shape index (κ3) is 6.25. The Hall–Kier alpha value is -2.12. The van der Waals surface area contributed by atoms with Crippen LogP contribution < -0.4 is 16.0 Å². The van der Waals surface area contributed by atoms with Gasteiger partial charge in [-0.25, -0.2) is 0 Å². The number of carboxylic acids is 1. The van der Waals surface area contributed by atoms with Crippen LogP contribution in [-0.4, -0.2) is 29.4 Å². The molecule has 1 heterocycles. The van der Waals surface area contributed by atoms with Gasteiger partial charge in [0.15, 0.2) is 0 Å². The average molecular weight is 342 g/mol. The van der Waals surface area contributed by atoms with E-state index in [-0.39, 0.29) is 50.0 Å². The van der Waals surface area contributed by atoms with Gasteiger partial charge < -0.3 is 21.1 Å². The van der Waals surface area contributed by atoms with Crippen molar-refractivity contribution in [2.75, 3.05) is 11.9 Å². The van der Waals surface area contributed by atoms with Crippen LogP contribution in [0.4, 0.5) is 5.69 Å². The highest BCUT2D eigenvalue weighted by atomic mass is 35.5. The maximum atomic E-state index is 11.8. The third-order valence-electron chi connectivity index (χ3n) is 3.36. The van der Waals surface area contributed by atoms with Crippen LogP contribution in [0.2, 0.25) is 0 Å². The number of rotatable bonds is 7. The normalized spacial score (nSPS) is 12.0. The summed E-state index contributed by atoms with van der Waals surface area (Å²) in [4.78, 5) is 33.6. The van der Waals surface area contributed by atoms with Gasteiger partial charge >= 0.3 is 5.97 Å². The topological polar surface area (TPSA) is 108 Å². The second kappa shape index (κ2) is 9.12. The van der Waals surface area contributed by atoms with Gasteiger partial charge in [-0.15, -0.1) is 12.4 Å². The molecule has 0 atom stereocenters. The molecule has 0 spiro atoms. The molecule has 2 rings (SSSR count). The van der Waals surface area contributed by atoms with Gasteiger partial charge in [0.1, 0.15) is 0 Å². The van der Waals surface area contributed by atoms with E-state index < -0.39 is 5.97 Å². The van der Waals surface area contributed by atoms with Crippen molar-refractivity contribution in [3.05, 3.63) is 29.3 Å². The monoisotopic (exact) mass is 341 g/mol. The molecule has 0 unspecified atom stereocenters. The van der Waals surface area contributed by atoms with Gasteiger partial charge in [0.25, 0.3) is 0 Å². The summed E-state index contributed by atoms with van der Waals surface area (Å²) >= 11 is 0. The van der Waals surface area contributed by atoms with Crippen LogP contribution in [0.3, 0.4) is 0 Å². The summed E-state index contributed by atoms with van der Waals surface area (Å²) in [5.41, 5.74) is 3.12. The summed E-state index contributed by atoms with van der Waals surface area (Å²) in [6.07, 6.45) is -0.0205. The van der Waals surface area contributed by atoms with E-state index in [1.165, 1.54) is 11.1 Å². The largest absolute Gasteiger partial charge is 0.481 e. The van der Waals surface area contributed by atoms with E-state index in [9.17, 15) is 14.4 Å². The molecule has 0 aliphatic carbocycles. The Labute approximate surface area is 140 Å². The van der Waals surface area contributed by atoms with Crippen molar-refractivity contribution in [3.63, 3.8) is 0 Å². The predicted octanol–water partition coefficient (Wildman–Crippen LogP) is 1.02. The fourth-order valence-electron chi connectivity index (χ4n) is 2.22. The number of fused-ring (bicyclic) bond motifs is 1. The van der Waals surface area contributed by atoms with Gasteiger partial charge in [0.2, 0.25) is 11.8 Å². The van der Waals surface area contributed by atoms with Crippen molar-refractivity contribution < 1.29 is 19.5 Å². The van der Waals surface area contributed by atoms with Crippen LogP contribution in [0.25, 0.3) is 0 Å². The molecule has 0 saturated carbocycles. The minimum Gasteiger partial charge on any atom is -0.481 e. The maximum Gasteiger partial charge on any atom is 0.305 e. The van der Waals surface area contributed by atoms with Gasteiger partial charge in [0.05, 0.1) is 6.42 Å². The van der Waals surface area contributed by atoms with E-state index >= 15 is 0 Å². The standard InChI is InChI=1S/C15H19N3O4.ClH/c19-13(17-6-5-15(21)22)3-4-14(20)18-12-2-1-10-8-16-9-11(10)7-12;/h1-2,7,16H,3-6,8-9H2,(H,17,19)(H,18,20)(H,21,22);1H. The number of anilines is 1. The van der Waals surface area contributed by atoms with Gasteiger partial charge in [0, 0.05) is 38.2 Å². The molecule has 2 amide bonds. The molecule has 23 heavy (non-hydrogen) atoms. The minimum absolute atomic E-state index is 0. The Kier molecular flexibility index (Phi) is 7.50. The highest BCUT2D eigenvalue weighted by molar-refractivity contribution is 5.93. The first-order chi connectivity index (χ1) is 10.5. The first kappa shape index (κ1) is 18.9. The van der Waals surface area contributed by atoms with Gasteiger partial charge in [-0.2, -0.15) is 0 Å². The maximum absolute atomic E-state index is 11.8. The SMILES string of the molecule is Cl.O=C(O)CCNC(=O)CCC(=O)Nc1ccc2c(c1)CNC2. The summed E-state index contributed by atoms with van der Waals surface area (Å²) in [6, 6.07) is 5.75. The number of benzene rings is 1. The number of nitrogens with one attached hydrogen (secondary N) is 3. The molecule has 1 aromatic carbocycles. The number of carbonyl (C=O) groups excluding carboxylic acids is 2. The third-order valence-corrected chi connectivity index (χ3v) is 3.36. The van der Waals surface area contributed by atoms with Crippen LogP contribution in [0, 0.1) is 0 Å². The zero-order valence-corrected chi connectivity index (χ0v) is 13.4. The predicted molar refractivity (Wildman–Crippen MR) is 87.4 cm³/mol. The molecule has 0 bridgehead atoms. The van der Waals surface area contributed by atoms with Crippen molar-refractivity contribution in [2.45, 2.75) is 32.4 Å². The second-order valence-corrected chi connectivity index (χ2v) is 5.13. The zero-order valence-electron chi connectivity index (χ0n) is 12.6. The minimum atomic E-state index is -0.968. The van der Waals surface area contributed by atoms with Gasteiger partial charge in [-0.1, -0.05) is 6.07 Å². The highest BCUT2D eigenvalue weighted by Gasteiger charge is 2.12. The van der Waals surface area contributed by atoms with Crippen LogP contribution in [0.1, 0.15) is 30.4 Å². The lowest BCUT2D eigenvalue weighted by Gasteiger charge is -2.07. The molecule has 1 aliphatic heterocycles. The van der Waals surface area contributed by atoms with Crippen LogP contribution in [0.5, 0.6) is 0 Å². The Balaban J connectivity index is 0.00000264. The number of aliphatic carboxylic acids is 1. The van der Waals surface area contributed by atoms with Crippen LogP contribution in [0.15, 0.2) is 18.2 Å². The lowest BCUT2D eigenvalue weighted by Crippen LogP contribution is -2.27. The lowest BCUT2D eigenvalue weighted by atomic mass is 10.1. The van der Waals surface area contributed by atoms with Gasteiger partial charge in [-0.05, 0) is 23.3 Å². The van der Waals surface area contributed by atoms with Crippen molar-refractivity contribution >= 4 is 35.9 Å². The van der Waals surface area contributed by atoms with E-state index in [1.54, 1.807) is 0 Å². The fourth-order valence-corrected chi connectivity index (χ4v) is 2.22. The van der Waals surface area contributed by atoms with E-state index in [0.29, 0.717) is 0 Å². The second-order valence-electron chi connectivity index (χ2n) is 5.13. The summed E-state index contributed by atoms with van der Waals surface area (Å²) in [7, 11) is 0. The highest BCUT2D eigenvalue weighted by Crippen LogP contribution is 2.20. The number of carboxylic acid groups (broad SMARTS) is 1. The number of amides is 2. The Morgan fingerprint density at radius 3 is 2.48 bits per heavy atom. The van der Waals surface area contributed by atoms with E-state index in [0.717, 1.165) is 18.8 Å². The number of hydrogen-bond donors (Lipinski definition) is 4. The Bertz CT molecular complexity index is 592. The Morgan fingerprint density at radius 1 is 1.04 bits per heavy atom. The van der Waals surface area contributed by atoms with Gasteiger partial charge in [-0.3, -0.25) is 14.4 Å².